The Morgan fingerprint density at radius 2 is 2.31 bits per heavy atom. The maximum Gasteiger partial charge on any atom is 0.168 e. The minimum atomic E-state index is -0.635. The summed E-state index contributed by atoms with van der Waals surface area (Å²) >= 11 is 3.43. The highest BCUT2D eigenvalue weighted by Gasteiger charge is 2.32. The van der Waals surface area contributed by atoms with E-state index in [0.717, 1.165) is 30.6 Å². The quantitative estimate of drug-likeness (QED) is 0.779. The number of aromatic nitrogens is 1. The molecular weight excluding hydrogens is 278 g/mol. The van der Waals surface area contributed by atoms with Gasteiger partial charge in [-0.3, -0.25) is 0 Å². The molecule has 5 heteroatoms. The van der Waals surface area contributed by atoms with E-state index < -0.39 is 11.6 Å². The summed E-state index contributed by atoms with van der Waals surface area (Å²) in [7, 11) is 0. The second-order valence-corrected chi connectivity index (χ2v) is 4.79. The minimum absolute atomic E-state index is 0.229. The molecule has 0 bridgehead atoms. The number of nitrogens with zero attached hydrogens (tertiary/aromatic N) is 2. The van der Waals surface area contributed by atoms with Crippen LogP contribution in [0.3, 0.4) is 0 Å². The second-order valence-electron chi connectivity index (χ2n) is 4.14. The third-order valence-corrected chi connectivity index (χ3v) is 3.76. The molecule has 88 valence electrons. The first-order valence-corrected chi connectivity index (χ1v) is 6.39. The largest absolute Gasteiger partial charge is 0.350 e. The fourth-order valence-corrected chi connectivity index (χ4v) is 3.11. The first-order valence-electron chi connectivity index (χ1n) is 5.27. The van der Waals surface area contributed by atoms with Crippen molar-refractivity contribution in [3.63, 3.8) is 0 Å². The summed E-state index contributed by atoms with van der Waals surface area (Å²) in [4.78, 5) is 5.76. The molecule has 2 nitrogen and oxygen atoms in total. The van der Waals surface area contributed by atoms with E-state index in [9.17, 15) is 8.78 Å². The van der Waals surface area contributed by atoms with Gasteiger partial charge in [-0.05, 0) is 12.3 Å². The summed E-state index contributed by atoms with van der Waals surface area (Å²) < 4.78 is 26.3. The predicted octanol–water partition coefficient (Wildman–Crippen LogP) is 2.97. The fourth-order valence-electron chi connectivity index (χ4n) is 2.13. The van der Waals surface area contributed by atoms with Crippen molar-refractivity contribution in [2.45, 2.75) is 19.4 Å². The maximum absolute atomic E-state index is 13.6. The molecule has 2 unspecified atom stereocenters. The highest BCUT2D eigenvalue weighted by atomic mass is 79.9. The zero-order chi connectivity index (χ0) is 11.7. The van der Waals surface area contributed by atoms with Gasteiger partial charge in [0.2, 0.25) is 0 Å². The molecule has 0 amide bonds. The van der Waals surface area contributed by atoms with Gasteiger partial charge in [0.15, 0.2) is 11.6 Å². The molecular formula is C11H13BrF2N2. The van der Waals surface area contributed by atoms with Gasteiger partial charge in [0, 0.05) is 24.0 Å². The number of alkyl halides is 1. The molecule has 1 saturated heterocycles. The van der Waals surface area contributed by atoms with E-state index in [0.29, 0.717) is 5.92 Å². The van der Waals surface area contributed by atoms with Crippen LogP contribution in [-0.4, -0.2) is 22.9 Å². The van der Waals surface area contributed by atoms with E-state index in [1.165, 1.54) is 0 Å². The average Bonchev–Trinajstić information content (AvgIpc) is 2.59. The lowest BCUT2D eigenvalue weighted by molar-refractivity contribution is 0.537. The van der Waals surface area contributed by atoms with Crippen LogP contribution < -0.4 is 4.90 Å². The van der Waals surface area contributed by atoms with Gasteiger partial charge in [-0.1, -0.05) is 22.9 Å². The maximum atomic E-state index is 13.6. The molecule has 1 fully saturated rings. The lowest BCUT2D eigenvalue weighted by Crippen LogP contribution is -2.34. The molecule has 1 aromatic rings. The van der Waals surface area contributed by atoms with E-state index >= 15 is 0 Å². The Labute approximate surface area is 102 Å². The lowest BCUT2D eigenvalue weighted by atomic mass is 10.1. The molecule has 0 spiro atoms. The monoisotopic (exact) mass is 290 g/mol. The van der Waals surface area contributed by atoms with Crippen molar-refractivity contribution in [3.05, 3.63) is 23.9 Å². The molecule has 1 aliphatic rings. The molecule has 0 N–H and O–H groups in total. The van der Waals surface area contributed by atoms with Crippen LogP contribution in [0.2, 0.25) is 0 Å². The summed E-state index contributed by atoms with van der Waals surface area (Å²) in [5.41, 5.74) is 0. The Hall–Kier alpha value is -0.710. The topological polar surface area (TPSA) is 16.1 Å². The number of anilines is 1. The fraction of sp³-hybridized carbons (Fsp3) is 0.545. The number of hydrogen-bond donors (Lipinski definition) is 0. The summed E-state index contributed by atoms with van der Waals surface area (Å²) in [6.07, 6.45) is 2.07. The van der Waals surface area contributed by atoms with E-state index in [1.54, 1.807) is 0 Å². The molecule has 1 aliphatic heterocycles. The highest BCUT2D eigenvalue weighted by Crippen LogP contribution is 2.30. The third-order valence-electron chi connectivity index (χ3n) is 3.10. The van der Waals surface area contributed by atoms with Crippen LogP contribution in [0.25, 0.3) is 0 Å². The van der Waals surface area contributed by atoms with E-state index in [2.05, 4.69) is 27.8 Å². The van der Waals surface area contributed by atoms with Crippen LogP contribution in [0.4, 0.5) is 14.6 Å². The van der Waals surface area contributed by atoms with Crippen molar-refractivity contribution in [1.82, 2.24) is 4.98 Å². The number of halogens is 3. The highest BCUT2D eigenvalue weighted by molar-refractivity contribution is 9.09. The minimum Gasteiger partial charge on any atom is -0.350 e. The molecule has 1 aromatic heterocycles. The second kappa shape index (κ2) is 4.65. The zero-order valence-corrected chi connectivity index (χ0v) is 10.5. The van der Waals surface area contributed by atoms with E-state index in [4.69, 9.17) is 0 Å². The van der Waals surface area contributed by atoms with Crippen LogP contribution in [0.15, 0.2) is 12.3 Å². The van der Waals surface area contributed by atoms with Crippen molar-refractivity contribution >= 4 is 21.7 Å². The van der Waals surface area contributed by atoms with Crippen molar-refractivity contribution in [1.29, 1.82) is 0 Å². The lowest BCUT2D eigenvalue weighted by Gasteiger charge is -2.26. The SMILES string of the molecule is CC1CCN(c2ncc(F)cc2F)C1CBr. The molecule has 16 heavy (non-hydrogen) atoms. The normalized spacial score (nSPS) is 25.1. The Kier molecular flexibility index (Phi) is 3.42. The zero-order valence-electron chi connectivity index (χ0n) is 8.96. The summed E-state index contributed by atoms with van der Waals surface area (Å²) in [6, 6.07) is 1.11. The first kappa shape index (κ1) is 11.8. The van der Waals surface area contributed by atoms with E-state index in [-0.39, 0.29) is 11.9 Å². The predicted molar refractivity (Wildman–Crippen MR) is 62.9 cm³/mol. The van der Waals surface area contributed by atoms with Crippen LogP contribution in [0.1, 0.15) is 13.3 Å². The van der Waals surface area contributed by atoms with Crippen molar-refractivity contribution in [2.24, 2.45) is 5.92 Å². The number of hydrogen-bond acceptors (Lipinski definition) is 2. The Balaban J connectivity index is 2.30. The van der Waals surface area contributed by atoms with Crippen LogP contribution in [-0.2, 0) is 0 Å². The molecule has 2 atom stereocenters. The van der Waals surface area contributed by atoms with Crippen molar-refractivity contribution in [3.8, 4) is 0 Å². The van der Waals surface area contributed by atoms with Crippen molar-refractivity contribution < 1.29 is 8.78 Å². The molecule has 0 saturated carbocycles. The van der Waals surface area contributed by atoms with Gasteiger partial charge in [-0.2, -0.15) is 0 Å². The van der Waals surface area contributed by atoms with Gasteiger partial charge < -0.3 is 4.90 Å². The van der Waals surface area contributed by atoms with Gasteiger partial charge in [-0.25, -0.2) is 13.8 Å². The van der Waals surface area contributed by atoms with Gasteiger partial charge in [0.05, 0.1) is 6.20 Å². The summed E-state index contributed by atoms with van der Waals surface area (Å²) in [6.45, 7) is 2.90. The van der Waals surface area contributed by atoms with E-state index in [1.807, 2.05) is 4.90 Å². The Morgan fingerprint density at radius 1 is 1.56 bits per heavy atom. The van der Waals surface area contributed by atoms with Crippen LogP contribution in [0.5, 0.6) is 0 Å². The average molecular weight is 291 g/mol. The smallest absolute Gasteiger partial charge is 0.168 e. The molecule has 0 aromatic carbocycles. The summed E-state index contributed by atoms with van der Waals surface area (Å²) in [5.74, 6) is -0.468. The third kappa shape index (κ3) is 2.05. The van der Waals surface area contributed by atoms with Gasteiger partial charge in [0.25, 0.3) is 0 Å². The van der Waals surface area contributed by atoms with Crippen LogP contribution >= 0.6 is 15.9 Å². The Bertz CT molecular complexity index is 386. The van der Waals surface area contributed by atoms with Crippen molar-refractivity contribution in [2.75, 3.05) is 16.8 Å². The van der Waals surface area contributed by atoms with Gasteiger partial charge in [0.1, 0.15) is 5.82 Å². The molecule has 0 aliphatic carbocycles. The van der Waals surface area contributed by atoms with Gasteiger partial charge >= 0.3 is 0 Å². The number of pyridine rings is 1. The molecule has 0 radical (unpaired) electrons. The standard InChI is InChI=1S/C11H13BrF2N2/c1-7-2-3-16(10(7)5-12)11-9(14)4-8(13)6-15-11/h4,6-7,10H,2-3,5H2,1H3. The molecule has 2 rings (SSSR count). The van der Waals surface area contributed by atoms with Crippen LogP contribution in [0, 0.1) is 17.6 Å². The first-order chi connectivity index (χ1) is 7.63. The number of rotatable bonds is 2. The van der Waals surface area contributed by atoms with Gasteiger partial charge in [-0.15, -0.1) is 0 Å². The molecule has 2 heterocycles. The Morgan fingerprint density at radius 3 is 2.94 bits per heavy atom. The summed E-state index contributed by atoms with van der Waals surface area (Å²) in [5, 5.41) is 0.770.